The topological polar surface area (TPSA) is 24.4 Å². The Morgan fingerprint density at radius 2 is 2.56 bits per heavy atom. The van der Waals surface area contributed by atoms with Crippen LogP contribution >= 0.6 is 0 Å². The number of hydrogen-bond donors (Lipinski definition) is 1. The SMILES string of the molecule is CC1=NC#CCC(C)N1. The van der Waals surface area contributed by atoms with Crippen molar-refractivity contribution in [2.45, 2.75) is 26.3 Å². The predicted octanol–water partition coefficient (Wildman–Crippen LogP) is 0.748. The van der Waals surface area contributed by atoms with Gasteiger partial charge >= 0.3 is 0 Å². The highest BCUT2D eigenvalue weighted by Gasteiger charge is 2.00. The minimum absolute atomic E-state index is 0.448. The summed E-state index contributed by atoms with van der Waals surface area (Å²) in [6, 6.07) is 3.15. The summed E-state index contributed by atoms with van der Waals surface area (Å²) < 4.78 is 0. The van der Waals surface area contributed by atoms with Crippen molar-refractivity contribution in [2.75, 3.05) is 0 Å². The lowest BCUT2D eigenvalue weighted by Gasteiger charge is -2.07. The molecule has 0 aromatic rings. The Bertz CT molecular complexity index is 183. The van der Waals surface area contributed by atoms with Gasteiger partial charge in [-0.25, -0.2) is 0 Å². The van der Waals surface area contributed by atoms with Gasteiger partial charge in [0.15, 0.2) is 0 Å². The van der Waals surface area contributed by atoms with Gasteiger partial charge < -0.3 is 5.32 Å². The van der Waals surface area contributed by atoms with Gasteiger partial charge in [-0.2, -0.15) is 4.99 Å². The number of hydrogen-bond acceptors (Lipinski definition) is 2. The first-order valence-electron chi connectivity index (χ1n) is 3.08. The van der Waals surface area contributed by atoms with Crippen molar-refractivity contribution in [3.63, 3.8) is 0 Å². The molecule has 0 aromatic carbocycles. The molecule has 0 bridgehead atoms. The monoisotopic (exact) mass is 122 g/mol. The Morgan fingerprint density at radius 1 is 1.78 bits per heavy atom. The van der Waals surface area contributed by atoms with Gasteiger partial charge in [0.1, 0.15) is 5.84 Å². The van der Waals surface area contributed by atoms with E-state index in [0.29, 0.717) is 6.04 Å². The van der Waals surface area contributed by atoms with Crippen molar-refractivity contribution in [3.05, 3.63) is 0 Å². The smallest absolute Gasteiger partial charge is 0.109 e. The average molecular weight is 122 g/mol. The summed E-state index contributed by atoms with van der Waals surface area (Å²) in [5, 5.41) is 3.17. The molecule has 0 spiro atoms. The lowest BCUT2D eigenvalue weighted by atomic mass is 10.2. The molecule has 1 rings (SSSR count). The van der Waals surface area contributed by atoms with Crippen LogP contribution < -0.4 is 5.32 Å². The molecule has 1 aliphatic heterocycles. The molecular weight excluding hydrogens is 112 g/mol. The standard InChI is InChI=1S/C7H10N2/c1-6-4-3-5-8-7(2)9-6/h6H,4H2,1-2H3,(H,8,9). The van der Waals surface area contributed by atoms with Crippen LogP contribution in [0.1, 0.15) is 20.3 Å². The molecule has 0 fully saturated rings. The maximum atomic E-state index is 3.92. The fourth-order valence-corrected chi connectivity index (χ4v) is 0.762. The summed E-state index contributed by atoms with van der Waals surface area (Å²) in [6.07, 6.45) is 0.890. The molecule has 0 aromatic heterocycles. The van der Waals surface area contributed by atoms with Crippen LogP contribution in [-0.2, 0) is 0 Å². The molecule has 0 saturated heterocycles. The fourth-order valence-electron chi connectivity index (χ4n) is 0.762. The molecule has 2 heteroatoms. The number of nitrogens with zero attached hydrogens (tertiary/aromatic N) is 1. The Hall–Kier alpha value is -0.970. The number of nitrogens with one attached hydrogen (secondary N) is 1. The second-order valence-electron chi connectivity index (χ2n) is 2.24. The molecule has 1 unspecified atom stereocenters. The lowest BCUT2D eigenvalue weighted by Crippen LogP contribution is -2.29. The Labute approximate surface area is 55.4 Å². The molecule has 1 N–H and O–H groups in total. The number of rotatable bonds is 0. The van der Waals surface area contributed by atoms with Crippen LogP contribution in [0.3, 0.4) is 0 Å². The first-order valence-corrected chi connectivity index (χ1v) is 3.08. The summed E-state index contributed by atoms with van der Waals surface area (Å²) in [6.45, 7) is 4.02. The van der Waals surface area contributed by atoms with Crippen LogP contribution in [0.15, 0.2) is 4.99 Å². The van der Waals surface area contributed by atoms with Gasteiger partial charge in [-0.3, -0.25) is 0 Å². The van der Waals surface area contributed by atoms with Crippen LogP contribution in [0.2, 0.25) is 0 Å². The van der Waals surface area contributed by atoms with Crippen molar-refractivity contribution in [3.8, 4) is 12.0 Å². The zero-order valence-electron chi connectivity index (χ0n) is 5.73. The van der Waals surface area contributed by atoms with Crippen molar-refractivity contribution < 1.29 is 0 Å². The number of aliphatic imine (C=N–C) groups is 1. The van der Waals surface area contributed by atoms with E-state index >= 15 is 0 Å². The van der Waals surface area contributed by atoms with Gasteiger partial charge in [-0.15, -0.1) is 0 Å². The molecule has 9 heavy (non-hydrogen) atoms. The average Bonchev–Trinajstić information content (AvgIpc) is 1.93. The summed E-state index contributed by atoms with van der Waals surface area (Å²) in [5.41, 5.74) is 0. The second-order valence-corrected chi connectivity index (χ2v) is 2.24. The molecule has 0 aliphatic carbocycles. The Morgan fingerprint density at radius 3 is 3.33 bits per heavy atom. The quantitative estimate of drug-likeness (QED) is 0.471. The third kappa shape index (κ3) is 1.77. The third-order valence-corrected chi connectivity index (χ3v) is 1.17. The first-order chi connectivity index (χ1) is 4.29. The Kier molecular flexibility index (Phi) is 1.74. The van der Waals surface area contributed by atoms with Gasteiger partial charge in [0.2, 0.25) is 0 Å². The Balaban J connectivity index is 2.65. The maximum absolute atomic E-state index is 3.92. The van der Waals surface area contributed by atoms with E-state index in [1.807, 2.05) is 6.92 Å². The van der Waals surface area contributed by atoms with E-state index in [4.69, 9.17) is 0 Å². The number of amidine groups is 1. The van der Waals surface area contributed by atoms with Gasteiger partial charge in [0.05, 0.1) is 0 Å². The van der Waals surface area contributed by atoms with Crippen LogP contribution in [0, 0.1) is 12.0 Å². The van der Waals surface area contributed by atoms with E-state index in [2.05, 4.69) is 29.2 Å². The van der Waals surface area contributed by atoms with E-state index in [9.17, 15) is 0 Å². The normalized spacial score (nSPS) is 24.7. The maximum Gasteiger partial charge on any atom is 0.109 e. The van der Waals surface area contributed by atoms with Crippen molar-refractivity contribution in [1.29, 1.82) is 0 Å². The minimum atomic E-state index is 0.448. The van der Waals surface area contributed by atoms with Gasteiger partial charge in [0.25, 0.3) is 0 Å². The van der Waals surface area contributed by atoms with Gasteiger partial charge in [0, 0.05) is 18.5 Å². The zero-order chi connectivity index (χ0) is 6.69. The van der Waals surface area contributed by atoms with Crippen molar-refractivity contribution in [2.24, 2.45) is 4.99 Å². The van der Waals surface area contributed by atoms with E-state index in [1.165, 1.54) is 0 Å². The minimum Gasteiger partial charge on any atom is -0.370 e. The molecule has 1 heterocycles. The fraction of sp³-hybridized carbons (Fsp3) is 0.571. The summed E-state index contributed by atoms with van der Waals surface area (Å²) >= 11 is 0. The van der Waals surface area contributed by atoms with Gasteiger partial charge in [-0.1, -0.05) is 5.92 Å². The van der Waals surface area contributed by atoms with E-state index in [1.54, 1.807) is 0 Å². The molecule has 2 nitrogen and oxygen atoms in total. The summed E-state index contributed by atoms with van der Waals surface area (Å²) in [7, 11) is 0. The zero-order valence-corrected chi connectivity index (χ0v) is 5.73. The molecule has 0 saturated carbocycles. The largest absolute Gasteiger partial charge is 0.370 e. The van der Waals surface area contributed by atoms with Crippen LogP contribution in [0.5, 0.6) is 0 Å². The molecule has 1 aliphatic rings. The summed E-state index contributed by atoms with van der Waals surface area (Å²) in [5.74, 6) is 3.85. The van der Waals surface area contributed by atoms with E-state index in [0.717, 1.165) is 12.3 Å². The van der Waals surface area contributed by atoms with E-state index < -0.39 is 0 Å². The van der Waals surface area contributed by atoms with Gasteiger partial charge in [-0.05, 0) is 13.8 Å². The highest BCUT2D eigenvalue weighted by atomic mass is 15.0. The highest BCUT2D eigenvalue weighted by molar-refractivity contribution is 5.81. The van der Waals surface area contributed by atoms with Crippen LogP contribution in [0.4, 0.5) is 0 Å². The molecule has 1 atom stereocenters. The van der Waals surface area contributed by atoms with Crippen LogP contribution in [0.25, 0.3) is 0 Å². The summed E-state index contributed by atoms with van der Waals surface area (Å²) in [4.78, 5) is 3.92. The molecule has 0 radical (unpaired) electrons. The van der Waals surface area contributed by atoms with Crippen molar-refractivity contribution in [1.82, 2.24) is 5.32 Å². The lowest BCUT2D eigenvalue weighted by molar-refractivity contribution is 0.686. The highest BCUT2D eigenvalue weighted by Crippen LogP contribution is 1.91. The molecular formula is C7H10N2. The second kappa shape index (κ2) is 2.54. The molecule has 48 valence electrons. The predicted molar refractivity (Wildman–Crippen MR) is 38.1 cm³/mol. The van der Waals surface area contributed by atoms with Crippen molar-refractivity contribution >= 4 is 5.84 Å². The first kappa shape index (κ1) is 6.15. The van der Waals surface area contributed by atoms with Crippen LogP contribution in [-0.4, -0.2) is 11.9 Å². The molecule has 0 amide bonds. The third-order valence-electron chi connectivity index (χ3n) is 1.17. The van der Waals surface area contributed by atoms with E-state index in [-0.39, 0.29) is 0 Å².